The van der Waals surface area contributed by atoms with Crippen molar-refractivity contribution >= 4 is 80.5 Å². The Kier molecular flexibility index (Phi) is 14.4. The fourth-order valence-corrected chi connectivity index (χ4v) is 11.7. The number of pyridine rings is 1. The molecule has 60 heavy (non-hydrogen) atoms. The molecule has 5 heterocycles. The summed E-state index contributed by atoms with van der Waals surface area (Å²) in [5.41, 5.74) is -5.09. The molecule has 3 amide bonds. The molecule has 3 aliphatic rings. The molecule has 326 valence electrons. The fraction of sp³-hybridized carbons (Fsp3) is 0.571. The molecule has 18 heteroatoms. The molecule has 12 nitrogen and oxygen atoms in total. The number of hydrogen-bond acceptors (Lipinski definition) is 12. The number of nitrogens with zero attached hydrogens (tertiary/aromatic N) is 3. The number of fused-ring (bicyclic) bond motifs is 2. The molecule has 2 aromatic heterocycles. The van der Waals surface area contributed by atoms with Gasteiger partial charge in [0.2, 0.25) is 11.8 Å². The predicted octanol–water partition coefficient (Wildman–Crippen LogP) is 8.45. The standard InChI is InChI=1S/C42H53F2N4O8PS3/c1-40(2,3)38(52)58-19-17-55-57(54,56-18-20-59-39(53)41(4,5)6)42(43,44)29-12-15-33-27(21-29)22-34(60-33)35(49)46-31-11-7-10-30-13-14-32(48(30)36(31)50)37(51)47-24-28(25-47)26-9-8-16-45-23-26/h8-9,12,15-16,21-23,28,30-32H,7,10-11,13-14,17-20,24-25H2,1-6H3,(H,46,49)/t30-,31?,32-/m0/s1. The van der Waals surface area contributed by atoms with Gasteiger partial charge in [0.25, 0.3) is 5.91 Å². The topological polar surface area (TPSA) is 152 Å². The first-order valence-corrected chi connectivity index (χ1v) is 24.5. The zero-order valence-electron chi connectivity index (χ0n) is 34.7. The van der Waals surface area contributed by atoms with E-state index in [2.05, 4.69) is 10.3 Å². The van der Waals surface area contributed by atoms with Crippen molar-refractivity contribution in [1.82, 2.24) is 20.1 Å². The minimum atomic E-state index is -5.24. The van der Waals surface area contributed by atoms with Crippen LogP contribution in [0.5, 0.6) is 0 Å². The number of thiophene rings is 1. The van der Waals surface area contributed by atoms with Gasteiger partial charge in [-0.05, 0) is 67.3 Å². The van der Waals surface area contributed by atoms with Crippen LogP contribution in [-0.2, 0) is 38.5 Å². The second-order valence-electron chi connectivity index (χ2n) is 17.5. The first-order chi connectivity index (χ1) is 28.2. The zero-order chi connectivity index (χ0) is 43.6. The van der Waals surface area contributed by atoms with Crippen LogP contribution in [0.1, 0.15) is 100 Å². The van der Waals surface area contributed by atoms with Crippen molar-refractivity contribution in [3.63, 3.8) is 0 Å². The number of rotatable bonds is 14. The van der Waals surface area contributed by atoms with Crippen LogP contribution in [0.2, 0.25) is 0 Å². The number of hydrogen-bond donors (Lipinski definition) is 1. The number of carbonyl (C=O) groups excluding carboxylic acids is 5. The molecule has 3 aromatic rings. The summed E-state index contributed by atoms with van der Waals surface area (Å²) in [6, 6.07) is 7.39. The molecule has 3 fully saturated rings. The lowest BCUT2D eigenvalue weighted by molar-refractivity contribution is -0.148. The molecule has 0 spiro atoms. The van der Waals surface area contributed by atoms with Crippen LogP contribution in [0.25, 0.3) is 10.1 Å². The Balaban J connectivity index is 1.13. The van der Waals surface area contributed by atoms with Gasteiger partial charge in [-0.1, -0.05) is 77.2 Å². The van der Waals surface area contributed by atoms with E-state index in [4.69, 9.17) is 9.05 Å². The maximum atomic E-state index is 16.4. The van der Waals surface area contributed by atoms with E-state index in [1.807, 2.05) is 18.3 Å². The van der Waals surface area contributed by atoms with Crippen LogP contribution in [-0.4, -0.2) is 98.7 Å². The van der Waals surface area contributed by atoms with E-state index in [9.17, 15) is 28.5 Å². The van der Waals surface area contributed by atoms with Gasteiger partial charge in [0, 0.05) is 70.0 Å². The highest BCUT2D eigenvalue weighted by Crippen LogP contribution is 2.67. The third kappa shape index (κ3) is 10.3. The summed E-state index contributed by atoms with van der Waals surface area (Å²) in [5.74, 6) is -0.811. The minimum absolute atomic E-state index is 0.0383. The van der Waals surface area contributed by atoms with E-state index < -0.39 is 60.9 Å². The number of nitrogens with one attached hydrogen (secondary N) is 1. The highest BCUT2D eigenvalue weighted by atomic mass is 32.2. The number of likely N-dealkylation sites (tertiary alicyclic amines) is 1. The van der Waals surface area contributed by atoms with Crippen molar-refractivity contribution in [2.75, 3.05) is 37.8 Å². The molecule has 3 atom stereocenters. The van der Waals surface area contributed by atoms with Crippen molar-refractivity contribution in [1.29, 1.82) is 0 Å². The monoisotopic (exact) mass is 906 g/mol. The van der Waals surface area contributed by atoms with Gasteiger partial charge < -0.3 is 24.2 Å². The summed E-state index contributed by atoms with van der Waals surface area (Å²) in [6.07, 6.45) is 6.58. The Morgan fingerprint density at radius 3 is 2.17 bits per heavy atom. The molecule has 0 saturated carbocycles. The van der Waals surface area contributed by atoms with Crippen molar-refractivity contribution in [2.45, 2.75) is 103 Å². The van der Waals surface area contributed by atoms with Crippen LogP contribution in [0.3, 0.4) is 0 Å². The number of carbonyl (C=O) groups is 5. The van der Waals surface area contributed by atoms with Gasteiger partial charge >= 0.3 is 13.3 Å². The van der Waals surface area contributed by atoms with Crippen molar-refractivity contribution in [2.24, 2.45) is 10.8 Å². The lowest BCUT2D eigenvalue weighted by Crippen LogP contribution is -2.58. The predicted molar refractivity (Wildman–Crippen MR) is 231 cm³/mol. The van der Waals surface area contributed by atoms with E-state index in [0.29, 0.717) is 43.5 Å². The van der Waals surface area contributed by atoms with Crippen LogP contribution < -0.4 is 5.32 Å². The maximum Gasteiger partial charge on any atom is 0.404 e. The van der Waals surface area contributed by atoms with Gasteiger partial charge in [-0.15, -0.1) is 11.3 Å². The second kappa shape index (κ2) is 18.6. The second-order valence-corrected chi connectivity index (χ2v) is 22.8. The van der Waals surface area contributed by atoms with E-state index in [-0.39, 0.29) is 55.8 Å². The van der Waals surface area contributed by atoms with Crippen LogP contribution in [0, 0.1) is 10.8 Å². The van der Waals surface area contributed by atoms with Gasteiger partial charge in [-0.25, -0.2) is 0 Å². The number of thioether (sulfide) groups is 2. The Bertz CT molecular complexity index is 2100. The molecule has 1 aromatic carbocycles. The van der Waals surface area contributed by atoms with E-state index >= 15 is 8.78 Å². The summed E-state index contributed by atoms with van der Waals surface area (Å²) >= 11 is 2.83. The molecule has 0 bridgehead atoms. The number of amides is 3. The zero-order valence-corrected chi connectivity index (χ0v) is 38.1. The molecule has 6 rings (SSSR count). The molecular formula is C42H53F2N4O8PS3. The minimum Gasteiger partial charge on any atom is -0.340 e. The summed E-state index contributed by atoms with van der Waals surface area (Å²) < 4.78 is 58.0. The first-order valence-electron chi connectivity index (χ1n) is 20.2. The van der Waals surface area contributed by atoms with Gasteiger partial charge in [0.1, 0.15) is 12.1 Å². The molecule has 0 radical (unpaired) electrons. The molecule has 0 aliphatic carbocycles. The third-order valence-corrected chi connectivity index (χ3v) is 16.4. The lowest BCUT2D eigenvalue weighted by Gasteiger charge is -2.42. The summed E-state index contributed by atoms with van der Waals surface area (Å²) in [6.45, 7) is 10.5. The van der Waals surface area contributed by atoms with E-state index in [1.54, 1.807) is 57.5 Å². The largest absolute Gasteiger partial charge is 0.404 e. The van der Waals surface area contributed by atoms with Crippen molar-refractivity contribution < 1.29 is 46.4 Å². The third-order valence-electron chi connectivity index (χ3n) is 10.8. The van der Waals surface area contributed by atoms with Crippen LogP contribution in [0.4, 0.5) is 8.78 Å². The highest BCUT2D eigenvalue weighted by molar-refractivity contribution is 8.14. The summed E-state index contributed by atoms with van der Waals surface area (Å²) in [4.78, 5) is 74.1. The van der Waals surface area contributed by atoms with E-state index in [1.165, 1.54) is 12.1 Å². The number of alkyl halides is 2. The molecule has 3 saturated heterocycles. The smallest absolute Gasteiger partial charge is 0.340 e. The Labute approximate surface area is 362 Å². The van der Waals surface area contributed by atoms with Gasteiger partial charge in [0.15, 0.2) is 10.2 Å². The van der Waals surface area contributed by atoms with Gasteiger partial charge in [-0.2, -0.15) is 8.78 Å². The van der Waals surface area contributed by atoms with E-state index in [0.717, 1.165) is 59.0 Å². The summed E-state index contributed by atoms with van der Waals surface area (Å²) in [5, 5.41) is 2.78. The normalized spacial score (nSPS) is 20.5. The fourth-order valence-electron chi connectivity index (χ4n) is 7.38. The Hall–Kier alpha value is -3.21. The molecule has 1 N–H and O–H groups in total. The summed E-state index contributed by atoms with van der Waals surface area (Å²) in [7, 11) is -5.24. The average molecular weight is 907 g/mol. The van der Waals surface area contributed by atoms with Crippen LogP contribution >= 0.6 is 42.5 Å². The number of aromatic nitrogens is 1. The number of benzene rings is 1. The quantitative estimate of drug-likeness (QED) is 0.123. The SMILES string of the molecule is CC(C)(C)C(=O)SCCOP(=O)(OCCSC(=O)C(C)(C)C)C(F)(F)c1ccc2sc(C(=O)NC3CCC[C@H]4CC[C@@H](C(=O)N5CC(c6cccnc6)C5)N4C3=O)cc2c1. The Morgan fingerprint density at radius 2 is 1.57 bits per heavy atom. The van der Waals surface area contributed by atoms with Gasteiger partial charge in [0.05, 0.1) is 18.1 Å². The maximum absolute atomic E-state index is 16.4. The van der Waals surface area contributed by atoms with Crippen molar-refractivity contribution in [3.8, 4) is 0 Å². The highest BCUT2D eigenvalue weighted by Gasteiger charge is 2.55. The Morgan fingerprint density at radius 1 is 0.917 bits per heavy atom. The average Bonchev–Trinajstić information content (AvgIpc) is 3.77. The number of halogens is 2. The van der Waals surface area contributed by atoms with Crippen molar-refractivity contribution in [3.05, 3.63) is 64.8 Å². The molecular weight excluding hydrogens is 854 g/mol. The molecule has 1 unspecified atom stereocenters. The molecule has 3 aliphatic heterocycles. The lowest BCUT2D eigenvalue weighted by atomic mass is 9.92. The van der Waals surface area contributed by atoms with Gasteiger partial charge in [-0.3, -0.25) is 33.5 Å². The van der Waals surface area contributed by atoms with Crippen LogP contribution in [0.15, 0.2) is 48.8 Å². The first kappa shape index (κ1) is 46.3.